The van der Waals surface area contributed by atoms with Crippen LogP contribution in [0.4, 0.5) is 0 Å². The predicted octanol–water partition coefficient (Wildman–Crippen LogP) is 6.98. The number of ether oxygens (including phenoxy) is 1. The number of unbranched alkanes of at least 4 members (excludes halogenated alkanes) is 5. The minimum Gasteiger partial charge on any atom is -0.507 e. The van der Waals surface area contributed by atoms with Gasteiger partial charge in [-0.3, -0.25) is 0 Å². The maximum absolute atomic E-state index is 12.9. The molecule has 0 aromatic heterocycles. The zero-order valence-corrected chi connectivity index (χ0v) is 20.5. The van der Waals surface area contributed by atoms with Crippen LogP contribution in [0.15, 0.2) is 6.07 Å². The van der Waals surface area contributed by atoms with E-state index in [2.05, 4.69) is 61.1 Å². The second-order valence-electron chi connectivity index (χ2n) is 10.1. The molecule has 4 heteroatoms. The van der Waals surface area contributed by atoms with Gasteiger partial charge in [0.15, 0.2) is 0 Å². The van der Waals surface area contributed by atoms with Gasteiger partial charge in [0.25, 0.3) is 0 Å². The van der Waals surface area contributed by atoms with Crippen molar-refractivity contribution in [3.05, 3.63) is 28.3 Å². The monoisotopic (exact) mass is 422 g/mol. The largest absolute Gasteiger partial charge is 0.507 e. The summed E-state index contributed by atoms with van der Waals surface area (Å²) < 4.78 is 5.46. The highest BCUT2D eigenvalue weighted by Crippen LogP contribution is 2.43. The minimum absolute atomic E-state index is 0.276. The van der Waals surface area contributed by atoms with E-state index in [0.717, 1.165) is 36.0 Å². The van der Waals surface area contributed by atoms with Crippen LogP contribution in [-0.2, 0) is 22.0 Å². The van der Waals surface area contributed by atoms with Crippen LogP contribution in [0.25, 0.3) is 0 Å². The minimum atomic E-state index is -0.309. The molecule has 3 nitrogen and oxygen atoms in total. The summed E-state index contributed by atoms with van der Waals surface area (Å²) in [6.07, 6.45) is 7.90. The average molecular weight is 423 g/mol. The molecule has 1 N–H and O–H groups in total. The van der Waals surface area contributed by atoms with Gasteiger partial charge in [0.2, 0.25) is 0 Å². The topological polar surface area (TPSA) is 46.5 Å². The van der Waals surface area contributed by atoms with Crippen molar-refractivity contribution in [2.24, 2.45) is 0 Å². The first-order chi connectivity index (χ1) is 13.4. The number of carbonyl (C=O) groups is 1. The van der Waals surface area contributed by atoms with Gasteiger partial charge in [-0.2, -0.15) is 12.6 Å². The van der Waals surface area contributed by atoms with Crippen molar-refractivity contribution in [3.63, 3.8) is 0 Å². The fourth-order valence-electron chi connectivity index (χ4n) is 3.83. The van der Waals surface area contributed by atoms with Gasteiger partial charge < -0.3 is 9.84 Å². The second kappa shape index (κ2) is 11.3. The third kappa shape index (κ3) is 7.55. The number of hydrogen-bond donors (Lipinski definition) is 2. The van der Waals surface area contributed by atoms with Crippen molar-refractivity contribution < 1.29 is 14.6 Å². The summed E-state index contributed by atoms with van der Waals surface area (Å²) in [5.74, 6) is 0.516. The quantitative estimate of drug-likeness (QED) is 0.243. The highest BCUT2D eigenvalue weighted by atomic mass is 32.1. The molecule has 0 atom stereocenters. The van der Waals surface area contributed by atoms with Crippen molar-refractivity contribution >= 4 is 18.6 Å². The zero-order chi connectivity index (χ0) is 22.2. The molecule has 0 aliphatic carbocycles. The zero-order valence-electron chi connectivity index (χ0n) is 19.7. The van der Waals surface area contributed by atoms with Gasteiger partial charge in [-0.15, -0.1) is 0 Å². The predicted molar refractivity (Wildman–Crippen MR) is 127 cm³/mol. The van der Waals surface area contributed by atoms with E-state index < -0.39 is 0 Å². The normalized spacial score (nSPS) is 12.3. The molecule has 0 aliphatic rings. The standard InChI is InChI=1S/C25H42O3S/c1-8-9-10-11-12-13-14-18-19(23(27)28-15-16-29)17-20(24(2,3)4)22(26)21(18)25(5,6)7/h17,26,29H,8-16H2,1-7H3. The fraction of sp³-hybridized carbons (Fsp3) is 0.720. The van der Waals surface area contributed by atoms with E-state index >= 15 is 0 Å². The Kier molecular flexibility index (Phi) is 10.1. The number of aromatic hydroxyl groups is 1. The molecule has 29 heavy (non-hydrogen) atoms. The number of thiol groups is 1. The summed E-state index contributed by atoms with van der Waals surface area (Å²) in [6.45, 7) is 15.0. The Morgan fingerprint density at radius 3 is 2.10 bits per heavy atom. The van der Waals surface area contributed by atoms with Crippen molar-refractivity contribution in [2.75, 3.05) is 12.4 Å². The lowest BCUT2D eigenvalue weighted by Gasteiger charge is -2.31. The number of phenolic OH excluding ortho intramolecular Hbond substituents is 1. The highest BCUT2D eigenvalue weighted by molar-refractivity contribution is 7.80. The second-order valence-corrected chi connectivity index (χ2v) is 10.5. The maximum atomic E-state index is 12.9. The molecule has 1 aromatic carbocycles. The van der Waals surface area contributed by atoms with E-state index in [-0.39, 0.29) is 23.4 Å². The van der Waals surface area contributed by atoms with Crippen LogP contribution in [0, 0.1) is 0 Å². The molecule has 0 saturated carbocycles. The Morgan fingerprint density at radius 1 is 1.00 bits per heavy atom. The molecule has 0 amide bonds. The Hall–Kier alpha value is -1.16. The molecular weight excluding hydrogens is 380 g/mol. The highest BCUT2D eigenvalue weighted by Gasteiger charge is 2.32. The van der Waals surface area contributed by atoms with Gasteiger partial charge >= 0.3 is 5.97 Å². The molecular formula is C25H42O3S. The van der Waals surface area contributed by atoms with Crippen molar-refractivity contribution in [1.29, 1.82) is 0 Å². The molecule has 0 radical (unpaired) electrons. The number of rotatable bonds is 10. The van der Waals surface area contributed by atoms with Crippen molar-refractivity contribution in [1.82, 2.24) is 0 Å². The van der Waals surface area contributed by atoms with Crippen molar-refractivity contribution in [3.8, 4) is 5.75 Å². The van der Waals surface area contributed by atoms with Crippen LogP contribution < -0.4 is 0 Å². The fourth-order valence-corrected chi connectivity index (χ4v) is 3.92. The lowest BCUT2D eigenvalue weighted by Crippen LogP contribution is -2.23. The third-order valence-corrected chi connectivity index (χ3v) is 5.47. The molecule has 0 bridgehead atoms. The molecule has 0 unspecified atom stereocenters. The smallest absolute Gasteiger partial charge is 0.338 e. The van der Waals surface area contributed by atoms with Gasteiger partial charge in [-0.05, 0) is 35.3 Å². The number of phenols is 1. The van der Waals surface area contributed by atoms with Crippen LogP contribution >= 0.6 is 12.6 Å². The molecule has 166 valence electrons. The molecule has 0 heterocycles. The molecule has 0 aliphatic heterocycles. The lowest BCUT2D eigenvalue weighted by atomic mass is 9.74. The number of benzene rings is 1. The van der Waals surface area contributed by atoms with Crippen LogP contribution in [0.3, 0.4) is 0 Å². The van der Waals surface area contributed by atoms with E-state index in [1.54, 1.807) is 0 Å². The SMILES string of the molecule is CCCCCCCCc1c(C(=O)OCCS)cc(C(C)(C)C)c(O)c1C(C)(C)C. The number of esters is 1. The van der Waals surface area contributed by atoms with Gasteiger partial charge in [-0.25, -0.2) is 4.79 Å². The van der Waals surface area contributed by atoms with E-state index in [9.17, 15) is 9.90 Å². The summed E-state index contributed by atoms with van der Waals surface area (Å²) in [6, 6.07) is 1.86. The van der Waals surface area contributed by atoms with Crippen LogP contribution in [0.5, 0.6) is 5.75 Å². The summed E-state index contributed by atoms with van der Waals surface area (Å²) in [7, 11) is 0. The van der Waals surface area contributed by atoms with Crippen molar-refractivity contribution in [2.45, 2.75) is 104 Å². The Balaban J connectivity index is 3.42. The summed E-state index contributed by atoms with van der Waals surface area (Å²) in [5.41, 5.74) is 2.68. The van der Waals surface area contributed by atoms with Gasteiger partial charge in [0.05, 0.1) is 5.56 Å². The van der Waals surface area contributed by atoms with E-state index in [0.29, 0.717) is 17.1 Å². The first-order valence-electron chi connectivity index (χ1n) is 11.1. The molecule has 1 rings (SSSR count). The Bertz CT molecular complexity index is 666. The summed E-state index contributed by atoms with van der Waals surface area (Å²) in [5, 5.41) is 11.2. The Morgan fingerprint density at radius 2 is 1.59 bits per heavy atom. The molecule has 0 fully saturated rings. The van der Waals surface area contributed by atoms with Gasteiger partial charge in [0, 0.05) is 16.9 Å². The van der Waals surface area contributed by atoms with Gasteiger partial charge in [-0.1, -0.05) is 80.6 Å². The van der Waals surface area contributed by atoms with E-state index in [1.165, 1.54) is 25.7 Å². The Labute approximate surface area is 184 Å². The molecule has 0 spiro atoms. The maximum Gasteiger partial charge on any atom is 0.338 e. The summed E-state index contributed by atoms with van der Waals surface area (Å²) >= 11 is 4.16. The van der Waals surface area contributed by atoms with Crippen LogP contribution in [0.1, 0.15) is 114 Å². The number of hydrogen-bond acceptors (Lipinski definition) is 4. The van der Waals surface area contributed by atoms with Gasteiger partial charge in [0.1, 0.15) is 12.4 Å². The van der Waals surface area contributed by atoms with Crippen LogP contribution in [-0.4, -0.2) is 23.4 Å². The first-order valence-corrected chi connectivity index (χ1v) is 11.8. The van der Waals surface area contributed by atoms with E-state index in [1.807, 2.05) is 6.07 Å². The molecule has 1 aromatic rings. The molecule has 0 saturated heterocycles. The average Bonchev–Trinajstić information content (AvgIpc) is 2.60. The summed E-state index contributed by atoms with van der Waals surface area (Å²) in [4.78, 5) is 12.9. The lowest BCUT2D eigenvalue weighted by molar-refractivity contribution is 0.0529. The van der Waals surface area contributed by atoms with E-state index in [4.69, 9.17) is 4.74 Å². The first kappa shape index (κ1) is 25.9. The number of carbonyl (C=O) groups excluding carboxylic acids is 1. The van der Waals surface area contributed by atoms with Crippen LogP contribution in [0.2, 0.25) is 0 Å². The third-order valence-electron chi connectivity index (χ3n) is 5.29.